The summed E-state index contributed by atoms with van der Waals surface area (Å²) < 4.78 is 11.3. The van der Waals surface area contributed by atoms with E-state index in [0.29, 0.717) is 20.1 Å². The predicted octanol–water partition coefficient (Wildman–Crippen LogP) is 6.26. The van der Waals surface area contributed by atoms with Crippen molar-refractivity contribution in [1.82, 2.24) is 0 Å². The maximum Gasteiger partial charge on any atom is 0.178 e. The Kier molecular flexibility index (Phi) is 9.35. The van der Waals surface area contributed by atoms with E-state index in [2.05, 4.69) is 63.7 Å². The Morgan fingerprint density at radius 1 is 0.742 bits per heavy atom. The van der Waals surface area contributed by atoms with Crippen molar-refractivity contribution < 1.29 is 29.3 Å². The maximum atomic E-state index is 12.7. The van der Waals surface area contributed by atoms with Crippen LogP contribution in [0.5, 0.6) is 23.0 Å². The van der Waals surface area contributed by atoms with Gasteiger partial charge in [0, 0.05) is 8.96 Å². The molecule has 2 aromatic rings. The molecule has 0 bridgehead atoms. The number of ketones is 2. The molecule has 10 heteroatoms. The maximum absolute atomic E-state index is 12.7. The fourth-order valence-electron chi connectivity index (χ4n) is 2.43. The SMILES string of the molecule is COc1cc(/C(Br)=C(\Br)C(=O)CC(=O)/C(Br)=C(\Br)c2ccc(O)c(OC)c2)ccc1O. The van der Waals surface area contributed by atoms with Gasteiger partial charge in [-0.25, -0.2) is 0 Å². The number of rotatable bonds is 8. The molecule has 164 valence electrons. The Bertz CT molecular complexity index is 1010. The summed E-state index contributed by atoms with van der Waals surface area (Å²) in [6.07, 6.45) is -0.407. The summed E-state index contributed by atoms with van der Waals surface area (Å²) in [5.74, 6) is -0.480. The van der Waals surface area contributed by atoms with Crippen LogP contribution in [0.2, 0.25) is 0 Å². The van der Waals surface area contributed by atoms with Crippen molar-refractivity contribution >= 4 is 84.3 Å². The molecule has 0 aliphatic heterocycles. The Balaban J connectivity index is 2.26. The van der Waals surface area contributed by atoms with Crippen molar-refractivity contribution in [3.05, 3.63) is 56.5 Å². The number of allylic oxidation sites excluding steroid dienone is 2. The van der Waals surface area contributed by atoms with Crippen LogP contribution in [-0.2, 0) is 9.59 Å². The number of hydrogen-bond acceptors (Lipinski definition) is 6. The van der Waals surface area contributed by atoms with E-state index < -0.39 is 18.0 Å². The molecule has 0 unspecified atom stereocenters. The second kappa shape index (κ2) is 11.3. The lowest BCUT2D eigenvalue weighted by atomic mass is 10.1. The van der Waals surface area contributed by atoms with E-state index >= 15 is 0 Å². The zero-order valence-electron chi connectivity index (χ0n) is 16.2. The Morgan fingerprint density at radius 2 is 1.10 bits per heavy atom. The first kappa shape index (κ1) is 25.6. The number of phenols is 2. The number of ether oxygens (including phenoxy) is 2. The Morgan fingerprint density at radius 3 is 1.42 bits per heavy atom. The molecule has 0 amide bonds. The minimum Gasteiger partial charge on any atom is -0.504 e. The van der Waals surface area contributed by atoms with E-state index in [-0.39, 0.29) is 32.0 Å². The van der Waals surface area contributed by atoms with Crippen LogP contribution >= 0.6 is 63.7 Å². The first-order valence-electron chi connectivity index (χ1n) is 8.52. The highest BCUT2D eigenvalue weighted by Gasteiger charge is 2.21. The lowest BCUT2D eigenvalue weighted by Gasteiger charge is -2.09. The van der Waals surface area contributed by atoms with E-state index in [1.165, 1.54) is 26.4 Å². The van der Waals surface area contributed by atoms with Gasteiger partial charge in [0.05, 0.1) is 29.6 Å². The molecule has 2 aromatic carbocycles. The molecule has 6 nitrogen and oxygen atoms in total. The second-order valence-electron chi connectivity index (χ2n) is 6.05. The topological polar surface area (TPSA) is 93.1 Å². The number of Topliss-reactive ketones (excluding diaryl/α,β-unsaturated/α-hetero) is 2. The van der Waals surface area contributed by atoms with Crippen LogP contribution in [0.15, 0.2) is 45.4 Å². The highest BCUT2D eigenvalue weighted by Crippen LogP contribution is 2.37. The molecule has 0 aliphatic rings. The number of methoxy groups -OCH3 is 2. The van der Waals surface area contributed by atoms with Crippen molar-refractivity contribution in [2.24, 2.45) is 0 Å². The van der Waals surface area contributed by atoms with Crippen LogP contribution in [0.3, 0.4) is 0 Å². The third-order valence-corrected chi connectivity index (χ3v) is 8.51. The third-order valence-electron chi connectivity index (χ3n) is 4.06. The normalized spacial score (nSPS) is 12.6. The lowest BCUT2D eigenvalue weighted by Crippen LogP contribution is -2.09. The second-order valence-corrected chi connectivity index (χ2v) is 9.22. The largest absolute Gasteiger partial charge is 0.504 e. The van der Waals surface area contributed by atoms with Gasteiger partial charge < -0.3 is 19.7 Å². The van der Waals surface area contributed by atoms with Gasteiger partial charge in [-0.15, -0.1) is 0 Å². The number of phenolic OH excluding ortho intramolecular Hbond substituents is 2. The van der Waals surface area contributed by atoms with E-state index in [9.17, 15) is 19.8 Å². The summed E-state index contributed by atoms with van der Waals surface area (Å²) in [4.78, 5) is 25.3. The average Bonchev–Trinajstić information content (AvgIpc) is 2.77. The number of halogens is 4. The molecular formula is C21H16Br4O6. The van der Waals surface area contributed by atoms with Gasteiger partial charge in [-0.3, -0.25) is 9.59 Å². The quantitative estimate of drug-likeness (QED) is 0.252. The van der Waals surface area contributed by atoms with Gasteiger partial charge in [-0.05, 0) is 111 Å². The van der Waals surface area contributed by atoms with Gasteiger partial charge in [0.25, 0.3) is 0 Å². The van der Waals surface area contributed by atoms with Gasteiger partial charge in [-0.1, -0.05) is 0 Å². The Hall–Kier alpha value is -1.62. The first-order valence-corrected chi connectivity index (χ1v) is 11.7. The van der Waals surface area contributed by atoms with Crippen LogP contribution in [0.1, 0.15) is 17.5 Å². The number of hydrogen-bond donors (Lipinski definition) is 2. The molecule has 0 saturated carbocycles. The fraction of sp³-hybridized carbons (Fsp3) is 0.143. The monoisotopic (exact) mass is 680 g/mol. The van der Waals surface area contributed by atoms with Crippen LogP contribution in [-0.4, -0.2) is 36.0 Å². The predicted molar refractivity (Wildman–Crippen MR) is 133 cm³/mol. The van der Waals surface area contributed by atoms with Crippen molar-refractivity contribution in [3.8, 4) is 23.0 Å². The van der Waals surface area contributed by atoms with Gasteiger partial charge in [0.15, 0.2) is 34.6 Å². The van der Waals surface area contributed by atoms with E-state index in [1.807, 2.05) is 0 Å². The third kappa shape index (κ3) is 6.21. The summed E-state index contributed by atoms with van der Waals surface area (Å²) in [6.45, 7) is 0. The molecule has 2 N–H and O–H groups in total. The van der Waals surface area contributed by atoms with Gasteiger partial charge in [0.2, 0.25) is 0 Å². The number of benzene rings is 2. The van der Waals surface area contributed by atoms with Crippen molar-refractivity contribution in [3.63, 3.8) is 0 Å². The summed E-state index contributed by atoms with van der Waals surface area (Å²) in [5.41, 5.74) is 1.16. The number of carbonyl (C=O) groups is 2. The highest BCUT2D eigenvalue weighted by atomic mass is 79.9. The first-order chi connectivity index (χ1) is 14.6. The zero-order valence-corrected chi connectivity index (χ0v) is 22.6. The molecule has 0 saturated heterocycles. The molecule has 0 aromatic heterocycles. The van der Waals surface area contributed by atoms with Gasteiger partial charge in [-0.2, -0.15) is 0 Å². The number of carbonyl (C=O) groups excluding carboxylic acids is 2. The van der Waals surface area contributed by atoms with E-state index in [0.717, 1.165) is 0 Å². The van der Waals surface area contributed by atoms with Crippen LogP contribution in [0.25, 0.3) is 8.96 Å². The minimum absolute atomic E-state index is 0.0334. The minimum atomic E-state index is -0.454. The van der Waals surface area contributed by atoms with Gasteiger partial charge in [0.1, 0.15) is 0 Å². The fourth-order valence-corrected chi connectivity index (χ4v) is 4.10. The summed E-state index contributed by atoms with van der Waals surface area (Å²) >= 11 is 13.2. The van der Waals surface area contributed by atoms with Crippen LogP contribution in [0.4, 0.5) is 0 Å². The van der Waals surface area contributed by atoms with Crippen molar-refractivity contribution in [1.29, 1.82) is 0 Å². The van der Waals surface area contributed by atoms with Gasteiger partial charge >= 0.3 is 0 Å². The number of aromatic hydroxyl groups is 2. The summed E-state index contributed by atoms with van der Waals surface area (Å²) in [6, 6.07) is 9.19. The zero-order chi connectivity index (χ0) is 23.3. The van der Waals surface area contributed by atoms with Crippen LogP contribution < -0.4 is 9.47 Å². The standard InChI is InChI=1S/C21H16Br4O6/c1-30-16-7-10(3-5-12(16)26)18(22)20(24)14(28)9-15(29)21(25)19(23)11-4-6-13(27)17(8-11)31-2/h3-8,26-27H,9H2,1-2H3/b20-18+,21-19+. The molecule has 0 fully saturated rings. The molecule has 0 radical (unpaired) electrons. The smallest absolute Gasteiger partial charge is 0.178 e. The van der Waals surface area contributed by atoms with E-state index in [4.69, 9.17) is 9.47 Å². The highest BCUT2D eigenvalue weighted by molar-refractivity contribution is 9.17. The molecule has 2 rings (SSSR count). The summed E-state index contributed by atoms with van der Waals surface area (Å²) in [5, 5.41) is 19.4. The Labute approximate surface area is 212 Å². The lowest BCUT2D eigenvalue weighted by molar-refractivity contribution is -0.122. The molecular weight excluding hydrogens is 668 g/mol. The molecule has 0 heterocycles. The van der Waals surface area contributed by atoms with E-state index in [1.54, 1.807) is 24.3 Å². The molecule has 0 atom stereocenters. The average molecular weight is 684 g/mol. The molecule has 0 spiro atoms. The van der Waals surface area contributed by atoms with Crippen molar-refractivity contribution in [2.45, 2.75) is 6.42 Å². The summed E-state index contributed by atoms with van der Waals surface area (Å²) in [7, 11) is 2.83. The van der Waals surface area contributed by atoms with Crippen molar-refractivity contribution in [2.75, 3.05) is 14.2 Å². The molecule has 0 aliphatic carbocycles. The van der Waals surface area contributed by atoms with Crippen LogP contribution in [0, 0.1) is 0 Å². The molecule has 31 heavy (non-hydrogen) atoms.